The Morgan fingerprint density at radius 3 is 2.58 bits per heavy atom. The summed E-state index contributed by atoms with van der Waals surface area (Å²) in [5, 5.41) is 9.08. The molecule has 0 aliphatic carbocycles. The van der Waals surface area contributed by atoms with Crippen molar-refractivity contribution in [2.45, 2.75) is 26.8 Å². The highest BCUT2D eigenvalue weighted by Crippen LogP contribution is 2.26. The molecule has 0 N–H and O–H groups in total. The average molecular weight is 341 g/mol. The van der Waals surface area contributed by atoms with Crippen molar-refractivity contribution in [3.63, 3.8) is 0 Å². The van der Waals surface area contributed by atoms with E-state index >= 15 is 0 Å². The molecule has 1 atom stereocenters. The summed E-state index contributed by atoms with van der Waals surface area (Å²) in [5.74, 6) is -0.172. The van der Waals surface area contributed by atoms with Crippen molar-refractivity contribution in [1.29, 1.82) is 0 Å². The van der Waals surface area contributed by atoms with Gasteiger partial charge in [-0.05, 0) is 32.9 Å². The van der Waals surface area contributed by atoms with E-state index < -0.39 is 0 Å². The van der Waals surface area contributed by atoms with Gasteiger partial charge in [0, 0.05) is 11.9 Å². The van der Waals surface area contributed by atoms with Crippen LogP contribution in [0.5, 0.6) is 0 Å². The molecule has 1 aromatic carbocycles. The Kier molecular flexibility index (Phi) is 4.44. The molecule has 3 aromatic rings. The van der Waals surface area contributed by atoms with E-state index in [-0.39, 0.29) is 11.9 Å². The number of aryl methyl sites for hydroxylation is 2. The molecule has 0 spiro atoms. The molecule has 1 amide bonds. The largest absolute Gasteiger partial charge is 0.332 e. The van der Waals surface area contributed by atoms with Crippen LogP contribution in [-0.2, 0) is 0 Å². The Bertz CT molecular complexity index is 855. The van der Waals surface area contributed by atoms with Crippen LogP contribution in [0.3, 0.4) is 0 Å². The first-order chi connectivity index (χ1) is 11.5. The fourth-order valence-electron chi connectivity index (χ4n) is 2.54. The molecule has 0 radical (unpaired) electrons. The Hall–Kier alpha value is -2.54. The molecule has 0 fully saturated rings. The summed E-state index contributed by atoms with van der Waals surface area (Å²) in [7, 11) is 1.77. The fourth-order valence-corrected chi connectivity index (χ4v) is 3.45. The number of carbonyl (C=O) groups excluding carboxylic acids is 1. The third-order valence-corrected chi connectivity index (χ3v) is 4.87. The predicted molar refractivity (Wildman–Crippen MR) is 93.5 cm³/mol. The van der Waals surface area contributed by atoms with Crippen molar-refractivity contribution >= 4 is 17.2 Å². The summed E-state index contributed by atoms with van der Waals surface area (Å²) in [6.07, 6.45) is 1.65. The number of hydrogen-bond acceptors (Lipinski definition) is 5. The smallest absolute Gasteiger partial charge is 0.276 e. The summed E-state index contributed by atoms with van der Waals surface area (Å²) in [5.41, 5.74) is 2.12. The lowest BCUT2D eigenvalue weighted by Gasteiger charge is -2.23. The second-order valence-corrected chi connectivity index (χ2v) is 7.06. The van der Waals surface area contributed by atoms with E-state index in [9.17, 15) is 4.79 Å². The zero-order chi connectivity index (χ0) is 17.3. The minimum atomic E-state index is -0.172. The minimum Gasteiger partial charge on any atom is -0.332 e. The molecule has 0 aliphatic heterocycles. The van der Waals surface area contributed by atoms with E-state index in [4.69, 9.17) is 0 Å². The topological polar surface area (TPSA) is 63.9 Å². The van der Waals surface area contributed by atoms with Crippen molar-refractivity contribution in [2.75, 3.05) is 7.05 Å². The molecule has 7 heteroatoms. The highest BCUT2D eigenvalue weighted by Gasteiger charge is 2.24. The van der Waals surface area contributed by atoms with E-state index in [1.54, 1.807) is 34.2 Å². The second kappa shape index (κ2) is 6.52. The lowest BCUT2D eigenvalue weighted by Crippen LogP contribution is -2.30. The number of nitrogens with zero attached hydrogens (tertiary/aromatic N) is 5. The van der Waals surface area contributed by atoms with Crippen molar-refractivity contribution in [2.24, 2.45) is 0 Å². The number of aromatic nitrogens is 4. The van der Waals surface area contributed by atoms with Crippen LogP contribution in [0.15, 0.2) is 36.5 Å². The van der Waals surface area contributed by atoms with Crippen molar-refractivity contribution in [3.05, 3.63) is 57.8 Å². The minimum absolute atomic E-state index is 0.121. The maximum Gasteiger partial charge on any atom is 0.276 e. The Morgan fingerprint density at radius 1 is 1.25 bits per heavy atom. The number of carbonyl (C=O) groups is 1. The molecule has 0 unspecified atom stereocenters. The van der Waals surface area contributed by atoms with E-state index in [1.165, 1.54) is 0 Å². The molecule has 0 saturated heterocycles. The molecular formula is C17H19N5OS. The van der Waals surface area contributed by atoms with Gasteiger partial charge in [0.05, 0.1) is 28.6 Å². The van der Waals surface area contributed by atoms with Gasteiger partial charge in [0.1, 0.15) is 0 Å². The van der Waals surface area contributed by atoms with Crippen LogP contribution in [0.2, 0.25) is 0 Å². The normalized spacial score (nSPS) is 12.2. The number of rotatable bonds is 4. The van der Waals surface area contributed by atoms with Gasteiger partial charge in [-0.1, -0.05) is 23.4 Å². The molecule has 124 valence electrons. The van der Waals surface area contributed by atoms with Gasteiger partial charge in [-0.2, -0.15) is 0 Å². The molecule has 0 bridgehead atoms. The Labute approximate surface area is 144 Å². The van der Waals surface area contributed by atoms with Crippen molar-refractivity contribution in [1.82, 2.24) is 24.9 Å². The zero-order valence-corrected chi connectivity index (χ0v) is 14.9. The van der Waals surface area contributed by atoms with Gasteiger partial charge >= 0.3 is 0 Å². The van der Waals surface area contributed by atoms with Gasteiger partial charge in [0.25, 0.3) is 5.91 Å². The van der Waals surface area contributed by atoms with Gasteiger partial charge in [-0.3, -0.25) is 4.79 Å². The van der Waals surface area contributed by atoms with Crippen LogP contribution in [0, 0.1) is 13.8 Å². The third kappa shape index (κ3) is 3.07. The molecule has 3 rings (SSSR count). The van der Waals surface area contributed by atoms with E-state index in [2.05, 4.69) is 15.3 Å². The van der Waals surface area contributed by atoms with Crippen LogP contribution in [0.1, 0.15) is 39.0 Å². The Balaban J connectivity index is 1.81. The van der Waals surface area contributed by atoms with Crippen molar-refractivity contribution in [3.8, 4) is 5.69 Å². The number of amides is 1. The van der Waals surface area contributed by atoms with Gasteiger partial charge in [0.15, 0.2) is 5.69 Å². The molecular weight excluding hydrogens is 322 g/mol. The van der Waals surface area contributed by atoms with Crippen molar-refractivity contribution < 1.29 is 4.79 Å². The summed E-state index contributed by atoms with van der Waals surface area (Å²) >= 11 is 1.64. The van der Waals surface area contributed by atoms with E-state index in [1.807, 2.05) is 51.1 Å². The van der Waals surface area contributed by atoms with E-state index in [0.29, 0.717) is 5.69 Å². The molecule has 0 saturated carbocycles. The van der Waals surface area contributed by atoms with Gasteiger partial charge in [-0.15, -0.1) is 16.4 Å². The standard InChI is InChI=1S/C17H19N5OS/c1-11(16-12(2)24-13(3)18-16)21(4)17(23)15-10-22(20-19-15)14-8-6-5-7-9-14/h5-11H,1-4H3/t11-/m0/s1. The van der Waals surface area contributed by atoms with Crippen LogP contribution in [-0.4, -0.2) is 37.8 Å². The summed E-state index contributed by atoms with van der Waals surface area (Å²) < 4.78 is 1.60. The van der Waals surface area contributed by atoms with Crippen LogP contribution >= 0.6 is 11.3 Å². The second-order valence-electron chi connectivity index (χ2n) is 5.65. The van der Waals surface area contributed by atoms with Crippen LogP contribution < -0.4 is 0 Å². The average Bonchev–Trinajstić information content (AvgIpc) is 3.20. The number of hydrogen-bond donors (Lipinski definition) is 0. The first-order valence-electron chi connectivity index (χ1n) is 7.66. The third-order valence-electron chi connectivity index (χ3n) is 3.97. The SMILES string of the molecule is Cc1nc([C@H](C)N(C)C(=O)c2cn(-c3ccccc3)nn2)c(C)s1. The van der Waals surface area contributed by atoms with Crippen LogP contribution in [0.4, 0.5) is 0 Å². The number of benzene rings is 1. The van der Waals surface area contributed by atoms with E-state index in [0.717, 1.165) is 21.3 Å². The lowest BCUT2D eigenvalue weighted by molar-refractivity contribution is 0.0733. The monoisotopic (exact) mass is 341 g/mol. The molecule has 0 aliphatic rings. The molecule has 2 heterocycles. The summed E-state index contributed by atoms with van der Waals surface area (Å²) in [6, 6.07) is 9.47. The molecule has 24 heavy (non-hydrogen) atoms. The Morgan fingerprint density at radius 2 is 1.96 bits per heavy atom. The van der Waals surface area contributed by atoms with Crippen LogP contribution in [0.25, 0.3) is 5.69 Å². The van der Waals surface area contributed by atoms with Gasteiger partial charge in [-0.25, -0.2) is 9.67 Å². The highest BCUT2D eigenvalue weighted by atomic mass is 32.1. The predicted octanol–water partition coefficient (Wildman–Crippen LogP) is 3.17. The number of para-hydroxylation sites is 1. The highest BCUT2D eigenvalue weighted by molar-refractivity contribution is 7.11. The summed E-state index contributed by atoms with van der Waals surface area (Å²) in [4.78, 5) is 20.0. The van der Waals surface area contributed by atoms with Gasteiger partial charge < -0.3 is 4.90 Å². The summed E-state index contributed by atoms with van der Waals surface area (Å²) in [6.45, 7) is 5.97. The number of thiazole rings is 1. The first kappa shape index (κ1) is 16.3. The maximum absolute atomic E-state index is 12.7. The zero-order valence-electron chi connectivity index (χ0n) is 14.1. The van der Waals surface area contributed by atoms with Gasteiger partial charge in [0.2, 0.25) is 0 Å². The first-order valence-corrected chi connectivity index (χ1v) is 8.48. The lowest BCUT2D eigenvalue weighted by atomic mass is 10.2. The molecule has 6 nitrogen and oxygen atoms in total. The quantitative estimate of drug-likeness (QED) is 0.731. The fraction of sp³-hybridized carbons (Fsp3) is 0.294. The maximum atomic E-state index is 12.7. The molecule has 2 aromatic heterocycles.